The van der Waals surface area contributed by atoms with Gasteiger partial charge in [-0.1, -0.05) is 30.3 Å². The van der Waals surface area contributed by atoms with Gasteiger partial charge in [0.15, 0.2) is 0 Å². The Morgan fingerprint density at radius 3 is 2.30 bits per heavy atom. The Morgan fingerprint density at radius 1 is 1.00 bits per heavy atom. The van der Waals surface area contributed by atoms with Crippen LogP contribution in [0.25, 0.3) is 0 Å². The van der Waals surface area contributed by atoms with Crippen molar-refractivity contribution in [3.8, 4) is 0 Å². The molecule has 0 spiro atoms. The first kappa shape index (κ1) is 20.6. The number of aryl methyl sites for hydroxylation is 1. The molecule has 0 bridgehead atoms. The van der Waals surface area contributed by atoms with Crippen molar-refractivity contribution in [2.75, 3.05) is 17.3 Å². The van der Waals surface area contributed by atoms with E-state index in [1.54, 1.807) is 36.4 Å². The molecular formula is C20H24N2O4S. The van der Waals surface area contributed by atoms with Crippen molar-refractivity contribution in [2.45, 2.75) is 26.3 Å². The lowest BCUT2D eigenvalue weighted by atomic mass is 10.1. The van der Waals surface area contributed by atoms with Crippen molar-refractivity contribution in [3.63, 3.8) is 0 Å². The summed E-state index contributed by atoms with van der Waals surface area (Å²) in [5, 5.41) is 5.44. The molecule has 2 aromatic rings. The van der Waals surface area contributed by atoms with Gasteiger partial charge in [0, 0.05) is 17.5 Å². The second kappa shape index (κ2) is 8.81. The monoisotopic (exact) mass is 388 g/mol. The number of anilines is 1. The summed E-state index contributed by atoms with van der Waals surface area (Å²) >= 11 is 0. The summed E-state index contributed by atoms with van der Waals surface area (Å²) in [4.78, 5) is 25.2. The maximum atomic E-state index is 12.7. The Labute approximate surface area is 159 Å². The number of carbonyl (C=O) groups excluding carboxylic acids is 2. The van der Waals surface area contributed by atoms with Gasteiger partial charge >= 0.3 is 0 Å². The first-order chi connectivity index (χ1) is 12.7. The predicted molar refractivity (Wildman–Crippen MR) is 107 cm³/mol. The molecule has 2 N–H and O–H groups in total. The van der Waals surface area contributed by atoms with Crippen molar-refractivity contribution in [3.05, 3.63) is 65.2 Å². The fraction of sp³-hybridized carbons (Fsp3) is 0.300. The van der Waals surface area contributed by atoms with E-state index in [-0.39, 0.29) is 12.2 Å². The molecule has 144 valence electrons. The minimum absolute atomic E-state index is 0.00585. The molecule has 1 atom stereocenters. The lowest BCUT2D eigenvalue weighted by Gasteiger charge is -2.19. The first-order valence-corrected chi connectivity index (χ1v) is 10.6. The quantitative estimate of drug-likeness (QED) is 0.762. The zero-order chi connectivity index (χ0) is 20.0. The summed E-state index contributed by atoms with van der Waals surface area (Å²) in [6.45, 7) is 3.82. The molecule has 0 aliphatic carbocycles. The van der Waals surface area contributed by atoms with Gasteiger partial charge in [-0.25, -0.2) is 8.42 Å². The van der Waals surface area contributed by atoms with E-state index in [2.05, 4.69) is 10.6 Å². The number of hydrogen-bond donors (Lipinski definition) is 2. The van der Waals surface area contributed by atoms with E-state index in [1.165, 1.54) is 0 Å². The van der Waals surface area contributed by atoms with Crippen molar-refractivity contribution in [1.29, 1.82) is 0 Å². The molecule has 0 saturated carbocycles. The van der Waals surface area contributed by atoms with E-state index in [0.717, 1.165) is 17.4 Å². The molecule has 6 nitrogen and oxygen atoms in total. The fourth-order valence-electron chi connectivity index (χ4n) is 2.54. The van der Waals surface area contributed by atoms with Gasteiger partial charge in [0.05, 0.1) is 5.75 Å². The Hall–Kier alpha value is -2.67. The number of amides is 2. The lowest BCUT2D eigenvalue weighted by molar-refractivity contribution is -0.118. The minimum Gasteiger partial charge on any atom is -0.340 e. The minimum atomic E-state index is -3.27. The summed E-state index contributed by atoms with van der Waals surface area (Å²) in [7, 11) is -3.27. The van der Waals surface area contributed by atoms with Gasteiger partial charge in [-0.15, -0.1) is 0 Å². The van der Waals surface area contributed by atoms with Crippen LogP contribution in [0.15, 0.2) is 48.5 Å². The van der Waals surface area contributed by atoms with E-state index in [9.17, 15) is 18.0 Å². The molecule has 0 aliphatic heterocycles. The molecule has 0 heterocycles. The van der Waals surface area contributed by atoms with Gasteiger partial charge in [-0.2, -0.15) is 0 Å². The summed E-state index contributed by atoms with van der Waals surface area (Å²) in [5.74, 6) is -1.07. The van der Waals surface area contributed by atoms with Gasteiger partial charge in [0.1, 0.15) is 15.9 Å². The van der Waals surface area contributed by atoms with Crippen LogP contribution in [0.5, 0.6) is 0 Å². The number of nitrogens with one attached hydrogen (secondary N) is 2. The summed E-state index contributed by atoms with van der Waals surface area (Å²) in [5.41, 5.74) is 2.98. The van der Waals surface area contributed by atoms with Crippen LogP contribution in [-0.4, -0.2) is 38.3 Å². The van der Waals surface area contributed by atoms with Crippen molar-refractivity contribution in [2.24, 2.45) is 0 Å². The summed E-state index contributed by atoms with van der Waals surface area (Å²) < 4.78 is 23.1. The van der Waals surface area contributed by atoms with Crippen LogP contribution in [0.4, 0.5) is 5.69 Å². The highest BCUT2D eigenvalue weighted by molar-refractivity contribution is 7.90. The van der Waals surface area contributed by atoms with E-state index in [4.69, 9.17) is 0 Å². The molecule has 2 rings (SSSR count). The molecule has 0 radical (unpaired) electrons. The lowest BCUT2D eigenvalue weighted by Crippen LogP contribution is -2.44. The van der Waals surface area contributed by atoms with Crippen LogP contribution in [0, 0.1) is 13.8 Å². The standard InChI is InChI=1S/C20H24N2O4S/c1-14-8-7-11-17(15(14)2)21-20(24)18(12-13-27(3,25)26)22-19(23)16-9-5-4-6-10-16/h4-11,18H,12-13H2,1-3H3,(H,21,24)(H,22,23)/t18-/m0/s1. The van der Waals surface area contributed by atoms with E-state index in [0.29, 0.717) is 11.3 Å². The molecule has 0 saturated heterocycles. The van der Waals surface area contributed by atoms with E-state index in [1.807, 2.05) is 26.0 Å². The summed E-state index contributed by atoms with van der Waals surface area (Å²) in [6, 6.07) is 13.0. The van der Waals surface area contributed by atoms with E-state index >= 15 is 0 Å². The maximum Gasteiger partial charge on any atom is 0.251 e. The van der Waals surface area contributed by atoms with Gasteiger partial charge in [0.2, 0.25) is 5.91 Å². The Morgan fingerprint density at radius 2 is 1.67 bits per heavy atom. The van der Waals surface area contributed by atoms with E-state index < -0.39 is 27.7 Å². The van der Waals surface area contributed by atoms with Gasteiger partial charge in [0.25, 0.3) is 5.91 Å². The largest absolute Gasteiger partial charge is 0.340 e. The second-order valence-electron chi connectivity index (χ2n) is 6.55. The van der Waals surface area contributed by atoms with Crippen LogP contribution < -0.4 is 10.6 Å². The molecule has 2 amide bonds. The number of hydrogen-bond acceptors (Lipinski definition) is 4. The number of carbonyl (C=O) groups is 2. The molecule has 0 aliphatic rings. The Kier molecular flexibility index (Phi) is 6.74. The van der Waals surface area contributed by atoms with Crippen LogP contribution in [0.3, 0.4) is 0 Å². The molecule has 2 aromatic carbocycles. The third kappa shape index (κ3) is 6.21. The van der Waals surface area contributed by atoms with Crippen LogP contribution in [-0.2, 0) is 14.6 Å². The summed E-state index contributed by atoms with van der Waals surface area (Å²) in [6.07, 6.45) is 1.10. The zero-order valence-corrected chi connectivity index (χ0v) is 16.5. The van der Waals surface area contributed by atoms with Crippen LogP contribution >= 0.6 is 0 Å². The number of sulfone groups is 1. The highest BCUT2D eigenvalue weighted by Crippen LogP contribution is 2.18. The SMILES string of the molecule is Cc1cccc(NC(=O)[C@H](CCS(C)(=O)=O)NC(=O)c2ccccc2)c1C. The van der Waals surface area contributed by atoms with Crippen LogP contribution in [0.2, 0.25) is 0 Å². The highest BCUT2D eigenvalue weighted by Gasteiger charge is 2.23. The van der Waals surface area contributed by atoms with Gasteiger partial charge < -0.3 is 10.6 Å². The van der Waals surface area contributed by atoms with Crippen molar-refractivity contribution >= 4 is 27.3 Å². The second-order valence-corrected chi connectivity index (χ2v) is 8.81. The third-order valence-corrected chi connectivity index (χ3v) is 5.27. The molecule has 0 aromatic heterocycles. The predicted octanol–water partition coefficient (Wildman–Crippen LogP) is 2.48. The number of rotatable bonds is 7. The normalized spacial score (nSPS) is 12.3. The fourth-order valence-corrected chi connectivity index (χ4v) is 3.20. The third-order valence-electron chi connectivity index (χ3n) is 4.30. The number of benzene rings is 2. The average Bonchev–Trinajstić information content (AvgIpc) is 2.62. The Bertz CT molecular complexity index is 924. The molecular weight excluding hydrogens is 364 g/mol. The van der Waals surface area contributed by atoms with Gasteiger partial charge in [-0.05, 0) is 49.6 Å². The topological polar surface area (TPSA) is 92.3 Å². The highest BCUT2D eigenvalue weighted by atomic mass is 32.2. The average molecular weight is 388 g/mol. The Balaban J connectivity index is 2.19. The molecule has 7 heteroatoms. The maximum absolute atomic E-state index is 12.7. The van der Waals surface area contributed by atoms with Crippen molar-refractivity contribution in [1.82, 2.24) is 5.32 Å². The molecule has 27 heavy (non-hydrogen) atoms. The van der Waals surface area contributed by atoms with Gasteiger partial charge in [-0.3, -0.25) is 9.59 Å². The zero-order valence-electron chi connectivity index (χ0n) is 15.7. The smallest absolute Gasteiger partial charge is 0.251 e. The molecule has 0 fully saturated rings. The van der Waals surface area contributed by atoms with Crippen LogP contribution in [0.1, 0.15) is 27.9 Å². The van der Waals surface area contributed by atoms with Crippen molar-refractivity contribution < 1.29 is 18.0 Å². The first-order valence-electron chi connectivity index (χ1n) is 8.58. The molecule has 0 unspecified atom stereocenters.